The molecule has 1 saturated heterocycles. The first-order valence-corrected chi connectivity index (χ1v) is 11.1. The number of hydrogen-bond acceptors (Lipinski definition) is 4. The Bertz CT molecular complexity index is 843. The van der Waals surface area contributed by atoms with Gasteiger partial charge in [-0.25, -0.2) is 9.59 Å². The zero-order valence-corrected chi connectivity index (χ0v) is 18.3. The largest absolute Gasteiger partial charge is 0.444 e. The van der Waals surface area contributed by atoms with Gasteiger partial charge in [-0.1, -0.05) is 18.2 Å². The van der Waals surface area contributed by atoms with Gasteiger partial charge in [0.2, 0.25) is 0 Å². The Morgan fingerprint density at radius 3 is 2.83 bits per heavy atom. The average molecular weight is 418 g/mol. The second kappa shape index (κ2) is 9.48. The Balaban J connectivity index is 1.41. The van der Waals surface area contributed by atoms with Crippen LogP contribution in [0.2, 0.25) is 0 Å². The lowest BCUT2D eigenvalue weighted by Gasteiger charge is -2.33. The molecular formula is C22H31N3O3S. The first kappa shape index (κ1) is 21.4. The first-order chi connectivity index (χ1) is 13.8. The highest BCUT2D eigenvalue weighted by Gasteiger charge is 2.24. The highest BCUT2D eigenvalue weighted by molar-refractivity contribution is 7.17. The number of amides is 3. The third kappa shape index (κ3) is 6.35. The Morgan fingerprint density at radius 1 is 1.24 bits per heavy atom. The molecule has 1 aliphatic heterocycles. The second-order valence-corrected chi connectivity index (χ2v) is 9.49. The zero-order valence-electron chi connectivity index (χ0n) is 17.5. The summed E-state index contributed by atoms with van der Waals surface area (Å²) in [5, 5.41) is 9.33. The number of benzene rings is 1. The fourth-order valence-electron chi connectivity index (χ4n) is 3.60. The van der Waals surface area contributed by atoms with Crippen molar-refractivity contribution in [1.29, 1.82) is 0 Å². The van der Waals surface area contributed by atoms with E-state index in [9.17, 15) is 9.59 Å². The molecule has 1 aliphatic rings. The van der Waals surface area contributed by atoms with Gasteiger partial charge in [0, 0.05) is 30.9 Å². The van der Waals surface area contributed by atoms with Crippen LogP contribution in [0.4, 0.5) is 9.59 Å². The fraction of sp³-hybridized carbons (Fsp3) is 0.545. The van der Waals surface area contributed by atoms with Crippen LogP contribution in [0.25, 0.3) is 10.1 Å². The van der Waals surface area contributed by atoms with Crippen LogP contribution in [0, 0.1) is 5.92 Å². The summed E-state index contributed by atoms with van der Waals surface area (Å²) in [5.74, 6) is 0.253. The molecule has 0 bridgehead atoms. The minimum Gasteiger partial charge on any atom is -0.444 e. The van der Waals surface area contributed by atoms with Gasteiger partial charge in [-0.15, -0.1) is 11.3 Å². The van der Waals surface area contributed by atoms with Gasteiger partial charge in [0.05, 0.1) is 0 Å². The summed E-state index contributed by atoms with van der Waals surface area (Å²) in [5.41, 5.74) is 0.778. The number of likely N-dealkylation sites (tertiary alicyclic amines) is 1. The molecule has 2 aromatic rings. The number of carbonyl (C=O) groups excluding carboxylic acids is 2. The quantitative estimate of drug-likeness (QED) is 0.758. The molecule has 0 spiro atoms. The normalized spacial score (nSPS) is 17.2. The van der Waals surface area contributed by atoms with Crippen LogP contribution < -0.4 is 10.6 Å². The molecule has 29 heavy (non-hydrogen) atoms. The van der Waals surface area contributed by atoms with Crippen LogP contribution >= 0.6 is 11.3 Å². The highest BCUT2D eigenvalue weighted by atomic mass is 32.1. The summed E-state index contributed by atoms with van der Waals surface area (Å²) in [6, 6.07) is 8.34. The van der Waals surface area contributed by atoms with Gasteiger partial charge >= 0.3 is 12.1 Å². The molecular weight excluding hydrogens is 386 g/mol. The van der Waals surface area contributed by atoms with Crippen molar-refractivity contribution in [2.75, 3.05) is 26.2 Å². The lowest BCUT2D eigenvalue weighted by molar-refractivity contribution is 0.0511. The molecule has 1 unspecified atom stereocenters. The summed E-state index contributed by atoms with van der Waals surface area (Å²) >= 11 is 1.74. The van der Waals surface area contributed by atoms with E-state index in [0.717, 1.165) is 25.8 Å². The third-order valence-electron chi connectivity index (χ3n) is 4.97. The summed E-state index contributed by atoms with van der Waals surface area (Å²) in [6.07, 6.45) is 2.37. The topological polar surface area (TPSA) is 70.7 Å². The predicted octanol–water partition coefficient (Wildman–Crippen LogP) is 4.39. The highest BCUT2D eigenvalue weighted by Crippen LogP contribution is 2.25. The van der Waals surface area contributed by atoms with Gasteiger partial charge in [-0.05, 0) is 68.3 Å². The van der Waals surface area contributed by atoms with E-state index in [-0.39, 0.29) is 11.9 Å². The number of hydrogen-bond donors (Lipinski definition) is 2. The SMILES string of the molecule is CC(C)(C)OC(=O)NCC1CCCN(C(=O)NCCc2csc3ccccc23)C1. The molecule has 158 valence electrons. The first-order valence-electron chi connectivity index (χ1n) is 10.3. The van der Waals surface area contributed by atoms with Crippen molar-refractivity contribution in [3.63, 3.8) is 0 Å². The number of nitrogens with zero attached hydrogens (tertiary/aromatic N) is 1. The Kier molecular flexibility index (Phi) is 7.00. The molecule has 6 nitrogen and oxygen atoms in total. The minimum absolute atomic E-state index is 0.0218. The molecule has 2 heterocycles. The number of piperidine rings is 1. The van der Waals surface area contributed by atoms with Gasteiger partial charge in [-0.3, -0.25) is 0 Å². The molecule has 1 fully saturated rings. The number of alkyl carbamates (subject to hydrolysis) is 1. The molecule has 3 rings (SSSR count). The van der Waals surface area contributed by atoms with E-state index in [2.05, 4.69) is 40.3 Å². The minimum atomic E-state index is -0.504. The molecule has 3 amide bonds. The van der Waals surface area contributed by atoms with Gasteiger partial charge in [0.15, 0.2) is 0 Å². The molecule has 0 saturated carbocycles. The van der Waals surface area contributed by atoms with Crippen LogP contribution in [0.15, 0.2) is 29.6 Å². The van der Waals surface area contributed by atoms with E-state index in [1.54, 1.807) is 11.3 Å². The second-order valence-electron chi connectivity index (χ2n) is 8.58. The number of fused-ring (bicyclic) bond motifs is 1. The summed E-state index contributed by atoms with van der Waals surface area (Å²) in [7, 11) is 0. The lowest BCUT2D eigenvalue weighted by Crippen LogP contribution is -2.48. The summed E-state index contributed by atoms with van der Waals surface area (Å²) < 4.78 is 6.56. The zero-order chi connectivity index (χ0) is 20.9. The van der Waals surface area contributed by atoms with Crippen molar-refractivity contribution >= 4 is 33.5 Å². The monoisotopic (exact) mass is 417 g/mol. The fourth-order valence-corrected chi connectivity index (χ4v) is 4.60. The average Bonchev–Trinajstić information content (AvgIpc) is 3.08. The molecule has 1 aromatic heterocycles. The van der Waals surface area contributed by atoms with E-state index in [1.807, 2.05) is 25.7 Å². The molecule has 1 aromatic carbocycles. The number of urea groups is 1. The van der Waals surface area contributed by atoms with E-state index in [1.165, 1.54) is 15.6 Å². The maximum absolute atomic E-state index is 12.6. The van der Waals surface area contributed by atoms with Crippen molar-refractivity contribution < 1.29 is 14.3 Å². The standard InChI is InChI=1S/C22H31N3O3S/c1-22(2,3)28-21(27)24-13-16-7-6-12-25(14-16)20(26)23-11-10-17-15-29-19-9-5-4-8-18(17)19/h4-5,8-9,15-16H,6-7,10-14H2,1-3H3,(H,23,26)(H,24,27). The van der Waals surface area contributed by atoms with E-state index < -0.39 is 11.7 Å². The number of carbonyl (C=O) groups is 2. The maximum atomic E-state index is 12.6. The van der Waals surface area contributed by atoms with Gasteiger partial charge in [0.1, 0.15) is 5.60 Å². The predicted molar refractivity (Wildman–Crippen MR) is 117 cm³/mol. The van der Waals surface area contributed by atoms with Gasteiger partial charge in [0.25, 0.3) is 0 Å². The van der Waals surface area contributed by atoms with Crippen molar-refractivity contribution in [2.45, 2.75) is 45.6 Å². The van der Waals surface area contributed by atoms with Crippen molar-refractivity contribution in [3.8, 4) is 0 Å². The number of nitrogens with one attached hydrogen (secondary N) is 2. The maximum Gasteiger partial charge on any atom is 0.407 e. The lowest BCUT2D eigenvalue weighted by atomic mass is 9.98. The van der Waals surface area contributed by atoms with Crippen LogP contribution in [-0.4, -0.2) is 48.8 Å². The molecule has 0 aliphatic carbocycles. The molecule has 0 radical (unpaired) electrons. The van der Waals surface area contributed by atoms with E-state index in [0.29, 0.717) is 19.6 Å². The Hall–Kier alpha value is -2.28. The Labute approximate surface area is 176 Å². The third-order valence-corrected chi connectivity index (χ3v) is 5.98. The van der Waals surface area contributed by atoms with E-state index >= 15 is 0 Å². The van der Waals surface area contributed by atoms with Gasteiger partial charge in [-0.2, -0.15) is 0 Å². The van der Waals surface area contributed by atoms with E-state index in [4.69, 9.17) is 4.74 Å². The Morgan fingerprint density at radius 2 is 2.03 bits per heavy atom. The van der Waals surface area contributed by atoms with Crippen molar-refractivity contribution in [3.05, 3.63) is 35.2 Å². The molecule has 2 N–H and O–H groups in total. The number of thiophene rings is 1. The van der Waals surface area contributed by atoms with Gasteiger partial charge < -0.3 is 20.3 Å². The van der Waals surface area contributed by atoms with Crippen LogP contribution in [0.1, 0.15) is 39.2 Å². The smallest absolute Gasteiger partial charge is 0.407 e. The van der Waals surface area contributed by atoms with Crippen molar-refractivity contribution in [1.82, 2.24) is 15.5 Å². The van der Waals surface area contributed by atoms with Crippen LogP contribution in [-0.2, 0) is 11.2 Å². The molecule has 7 heteroatoms. The number of ether oxygens (including phenoxy) is 1. The summed E-state index contributed by atoms with van der Waals surface area (Å²) in [6.45, 7) is 8.10. The number of rotatable bonds is 5. The summed E-state index contributed by atoms with van der Waals surface area (Å²) in [4.78, 5) is 26.3. The van der Waals surface area contributed by atoms with Crippen LogP contribution in [0.5, 0.6) is 0 Å². The van der Waals surface area contributed by atoms with Crippen molar-refractivity contribution in [2.24, 2.45) is 5.92 Å². The van der Waals surface area contributed by atoms with Crippen LogP contribution in [0.3, 0.4) is 0 Å². The molecule has 1 atom stereocenters.